The van der Waals surface area contributed by atoms with Gasteiger partial charge >= 0.3 is 0 Å². The molecule has 0 fully saturated rings. The first-order chi connectivity index (χ1) is 12.9. The zero-order valence-corrected chi connectivity index (χ0v) is 17.4. The van der Waals surface area contributed by atoms with Crippen molar-refractivity contribution < 1.29 is 4.74 Å². The first kappa shape index (κ1) is 18.1. The second-order valence-corrected chi connectivity index (χ2v) is 10.0. The third-order valence-corrected chi connectivity index (χ3v) is 6.01. The van der Waals surface area contributed by atoms with Gasteiger partial charge in [0.05, 0.1) is 33.2 Å². The van der Waals surface area contributed by atoms with Crippen molar-refractivity contribution in [1.29, 1.82) is 0 Å². The molecule has 0 bridgehead atoms. The SMILES string of the molecule is COc1cc2nccc(Nc3ccc4scnc4c3)c2cc1SC(C)(C)C. The lowest BCUT2D eigenvalue weighted by atomic mass is 10.1. The smallest absolute Gasteiger partial charge is 0.134 e. The Morgan fingerprint density at radius 1 is 1.04 bits per heavy atom. The molecule has 0 atom stereocenters. The predicted molar refractivity (Wildman–Crippen MR) is 117 cm³/mol. The number of rotatable bonds is 4. The Morgan fingerprint density at radius 2 is 1.89 bits per heavy atom. The summed E-state index contributed by atoms with van der Waals surface area (Å²) in [7, 11) is 1.71. The van der Waals surface area contributed by atoms with Crippen molar-refractivity contribution in [3.63, 3.8) is 0 Å². The highest BCUT2D eigenvalue weighted by atomic mass is 32.2. The van der Waals surface area contributed by atoms with Gasteiger partial charge < -0.3 is 10.1 Å². The molecule has 2 aromatic heterocycles. The maximum atomic E-state index is 5.61. The molecule has 6 heteroatoms. The van der Waals surface area contributed by atoms with Gasteiger partial charge in [-0.3, -0.25) is 4.98 Å². The maximum absolute atomic E-state index is 5.61. The number of nitrogens with one attached hydrogen (secondary N) is 1. The summed E-state index contributed by atoms with van der Waals surface area (Å²) in [6.45, 7) is 6.60. The number of fused-ring (bicyclic) bond motifs is 2. The molecule has 4 nitrogen and oxygen atoms in total. The summed E-state index contributed by atoms with van der Waals surface area (Å²) in [5, 5.41) is 4.60. The summed E-state index contributed by atoms with van der Waals surface area (Å²) in [6.07, 6.45) is 1.82. The van der Waals surface area contributed by atoms with E-state index in [0.29, 0.717) is 0 Å². The fourth-order valence-electron chi connectivity index (χ4n) is 2.92. The summed E-state index contributed by atoms with van der Waals surface area (Å²) in [5.41, 5.74) is 5.83. The minimum absolute atomic E-state index is 0.0897. The third kappa shape index (κ3) is 3.87. The fourth-order valence-corrected chi connectivity index (χ4v) is 4.66. The normalized spacial score (nSPS) is 11.9. The molecule has 0 radical (unpaired) electrons. The molecule has 0 saturated carbocycles. The lowest BCUT2D eigenvalue weighted by molar-refractivity contribution is 0.405. The Balaban J connectivity index is 1.78. The van der Waals surface area contributed by atoms with E-state index >= 15 is 0 Å². The van der Waals surface area contributed by atoms with Gasteiger partial charge in [-0.15, -0.1) is 23.1 Å². The van der Waals surface area contributed by atoms with Crippen LogP contribution < -0.4 is 10.1 Å². The van der Waals surface area contributed by atoms with Crippen molar-refractivity contribution in [2.24, 2.45) is 0 Å². The van der Waals surface area contributed by atoms with Crippen molar-refractivity contribution in [1.82, 2.24) is 9.97 Å². The van der Waals surface area contributed by atoms with Gasteiger partial charge in [-0.25, -0.2) is 4.98 Å². The van der Waals surface area contributed by atoms with E-state index in [2.05, 4.69) is 60.3 Å². The van der Waals surface area contributed by atoms with Crippen molar-refractivity contribution in [3.05, 3.63) is 48.1 Å². The molecule has 0 saturated heterocycles. The minimum atomic E-state index is 0.0897. The van der Waals surface area contributed by atoms with E-state index in [9.17, 15) is 0 Å². The number of ether oxygens (including phenoxy) is 1. The highest BCUT2D eigenvalue weighted by molar-refractivity contribution is 8.00. The van der Waals surface area contributed by atoms with E-state index < -0.39 is 0 Å². The van der Waals surface area contributed by atoms with Crippen LogP contribution in [-0.4, -0.2) is 21.8 Å². The number of nitrogens with zero attached hydrogens (tertiary/aromatic N) is 2. The first-order valence-electron chi connectivity index (χ1n) is 8.69. The average Bonchev–Trinajstić information content (AvgIpc) is 3.08. The van der Waals surface area contributed by atoms with Crippen LogP contribution in [0.1, 0.15) is 20.8 Å². The zero-order chi connectivity index (χ0) is 19.0. The van der Waals surface area contributed by atoms with Crippen LogP contribution in [0, 0.1) is 0 Å². The quantitative estimate of drug-likeness (QED) is 0.400. The van der Waals surface area contributed by atoms with Gasteiger partial charge in [0.2, 0.25) is 0 Å². The standard InChI is InChI=1S/C21H21N3OS2/c1-21(2,3)27-20-10-14-15(7-8-22-16(14)11-18(20)25-4)24-13-5-6-19-17(9-13)23-12-26-19/h5-12H,1-4H3,(H,22,24). The summed E-state index contributed by atoms with van der Waals surface area (Å²) in [4.78, 5) is 10.1. The summed E-state index contributed by atoms with van der Waals surface area (Å²) < 4.78 is 6.89. The molecule has 2 heterocycles. The first-order valence-corrected chi connectivity index (χ1v) is 10.4. The number of thioether (sulfide) groups is 1. The van der Waals surface area contributed by atoms with Crippen LogP contribution in [0.2, 0.25) is 0 Å². The van der Waals surface area contributed by atoms with Crippen LogP contribution in [0.5, 0.6) is 5.75 Å². The number of aromatic nitrogens is 2. The van der Waals surface area contributed by atoms with Crippen LogP contribution in [-0.2, 0) is 0 Å². The average molecular weight is 396 g/mol. The van der Waals surface area contributed by atoms with Gasteiger partial charge in [-0.2, -0.15) is 0 Å². The fraction of sp³-hybridized carbons (Fsp3) is 0.238. The molecule has 0 unspecified atom stereocenters. The van der Waals surface area contributed by atoms with E-state index in [1.165, 1.54) is 4.70 Å². The Hall–Kier alpha value is -2.31. The molecular weight excluding hydrogens is 374 g/mol. The Labute approximate surface area is 167 Å². The Morgan fingerprint density at radius 3 is 2.67 bits per heavy atom. The molecule has 0 aliphatic rings. The van der Waals surface area contributed by atoms with Crippen LogP contribution in [0.3, 0.4) is 0 Å². The largest absolute Gasteiger partial charge is 0.496 e. The van der Waals surface area contributed by atoms with Crippen LogP contribution in [0.15, 0.2) is 53.0 Å². The minimum Gasteiger partial charge on any atom is -0.496 e. The summed E-state index contributed by atoms with van der Waals surface area (Å²) in [5.74, 6) is 0.857. The van der Waals surface area contributed by atoms with Gasteiger partial charge in [-0.05, 0) is 30.3 Å². The number of hydrogen-bond acceptors (Lipinski definition) is 6. The van der Waals surface area contributed by atoms with E-state index in [1.807, 2.05) is 23.8 Å². The van der Waals surface area contributed by atoms with Crippen LogP contribution >= 0.6 is 23.1 Å². The van der Waals surface area contributed by atoms with E-state index in [0.717, 1.165) is 38.4 Å². The molecule has 27 heavy (non-hydrogen) atoms. The van der Waals surface area contributed by atoms with Gasteiger partial charge in [0.1, 0.15) is 5.75 Å². The maximum Gasteiger partial charge on any atom is 0.134 e. The highest BCUT2D eigenvalue weighted by Crippen LogP contribution is 2.41. The molecule has 0 amide bonds. The van der Waals surface area contributed by atoms with Crippen molar-refractivity contribution in [2.45, 2.75) is 30.4 Å². The molecule has 0 aliphatic heterocycles. The molecule has 138 valence electrons. The molecular formula is C21H21N3OS2. The van der Waals surface area contributed by atoms with Gasteiger partial charge in [-0.1, -0.05) is 20.8 Å². The zero-order valence-electron chi connectivity index (χ0n) is 15.7. The second kappa shape index (κ2) is 7.02. The van der Waals surface area contributed by atoms with Gasteiger partial charge in [0.25, 0.3) is 0 Å². The molecule has 4 rings (SSSR count). The molecule has 2 aromatic carbocycles. The molecule has 4 aromatic rings. The highest BCUT2D eigenvalue weighted by Gasteiger charge is 2.17. The number of hydrogen-bond donors (Lipinski definition) is 1. The Bertz CT molecular complexity index is 1120. The summed E-state index contributed by atoms with van der Waals surface area (Å²) in [6, 6.07) is 12.4. The predicted octanol–water partition coefficient (Wildman–Crippen LogP) is 6.49. The number of benzene rings is 2. The van der Waals surface area contributed by atoms with Crippen molar-refractivity contribution in [2.75, 3.05) is 12.4 Å². The molecule has 1 N–H and O–H groups in total. The van der Waals surface area contributed by atoms with E-state index in [-0.39, 0.29) is 4.75 Å². The van der Waals surface area contributed by atoms with Crippen LogP contribution in [0.4, 0.5) is 11.4 Å². The molecule has 0 spiro atoms. The number of methoxy groups -OCH3 is 1. The van der Waals surface area contributed by atoms with Gasteiger partial charge in [0, 0.05) is 33.8 Å². The van der Waals surface area contributed by atoms with E-state index in [4.69, 9.17) is 4.74 Å². The monoisotopic (exact) mass is 395 g/mol. The molecule has 0 aliphatic carbocycles. The second-order valence-electron chi connectivity index (χ2n) is 7.25. The third-order valence-electron chi connectivity index (χ3n) is 4.05. The lowest BCUT2D eigenvalue weighted by Crippen LogP contribution is -2.07. The number of anilines is 2. The van der Waals surface area contributed by atoms with Crippen molar-refractivity contribution >= 4 is 55.6 Å². The van der Waals surface area contributed by atoms with Gasteiger partial charge in [0.15, 0.2) is 0 Å². The topological polar surface area (TPSA) is 47.0 Å². The summed E-state index contributed by atoms with van der Waals surface area (Å²) >= 11 is 3.45. The lowest BCUT2D eigenvalue weighted by Gasteiger charge is -2.20. The number of thiazole rings is 1. The van der Waals surface area contributed by atoms with Crippen molar-refractivity contribution in [3.8, 4) is 5.75 Å². The Kier molecular flexibility index (Phi) is 4.70. The van der Waals surface area contributed by atoms with Crippen LogP contribution in [0.25, 0.3) is 21.1 Å². The number of pyridine rings is 1. The van der Waals surface area contributed by atoms with E-state index in [1.54, 1.807) is 30.2 Å².